The van der Waals surface area contributed by atoms with Gasteiger partial charge in [-0.1, -0.05) is 0 Å². The summed E-state index contributed by atoms with van der Waals surface area (Å²) < 4.78 is 0. The van der Waals surface area contributed by atoms with Gasteiger partial charge in [0.2, 0.25) is 0 Å². The smallest absolute Gasteiger partial charge is 0.268 e. The molecular weight excluding hydrogens is 364 g/mol. The number of pyridine rings is 4. The van der Waals surface area contributed by atoms with Gasteiger partial charge >= 0.3 is 0 Å². The van der Waals surface area contributed by atoms with E-state index in [1.54, 1.807) is 49.6 Å². The average Bonchev–Trinajstić information content (AvgIpc) is 2.76. The van der Waals surface area contributed by atoms with E-state index < -0.39 is 5.91 Å². The van der Waals surface area contributed by atoms with Gasteiger partial charge in [-0.3, -0.25) is 19.9 Å². The van der Waals surface area contributed by atoms with Crippen molar-refractivity contribution in [1.29, 1.82) is 0 Å². The molecule has 4 N–H and O–H groups in total. The zero-order valence-corrected chi connectivity index (χ0v) is 15.5. The van der Waals surface area contributed by atoms with Crippen LogP contribution in [0.1, 0.15) is 0 Å². The van der Waals surface area contributed by atoms with Gasteiger partial charge in [0.15, 0.2) is 0 Å². The second kappa shape index (κ2) is 8.66. The van der Waals surface area contributed by atoms with E-state index in [4.69, 9.17) is 0 Å². The second-order valence-electron chi connectivity index (χ2n) is 6.19. The van der Waals surface area contributed by atoms with Crippen LogP contribution < -0.4 is 21.3 Å². The minimum Gasteiger partial charge on any atom is -0.328 e. The normalized spacial score (nSPS) is 10.8. The maximum absolute atomic E-state index is 4.10. The first-order valence-corrected chi connectivity index (χ1v) is 9.04. The monoisotopic (exact) mass is 384 g/mol. The highest BCUT2D eigenvalue weighted by molar-refractivity contribution is 5.62. The Morgan fingerprint density at radius 2 is 0.586 bits per heavy atom. The van der Waals surface area contributed by atoms with Crippen molar-refractivity contribution in [1.82, 2.24) is 19.9 Å². The molecule has 4 aromatic rings. The van der Waals surface area contributed by atoms with Gasteiger partial charge in [0.1, 0.15) is 0 Å². The fourth-order valence-corrected chi connectivity index (χ4v) is 2.79. The van der Waals surface area contributed by atoms with Crippen molar-refractivity contribution in [2.75, 3.05) is 21.3 Å². The summed E-state index contributed by atoms with van der Waals surface area (Å²) in [7, 11) is 0. The predicted octanol–water partition coefficient (Wildman–Crippen LogP) is 3.63. The molecule has 4 rings (SSSR count). The molecule has 8 nitrogen and oxygen atoms in total. The molecule has 8 heteroatoms. The highest BCUT2D eigenvalue weighted by atomic mass is 15.5. The van der Waals surface area contributed by atoms with E-state index in [1.165, 1.54) is 0 Å². The lowest BCUT2D eigenvalue weighted by atomic mass is 10.3. The number of nitrogens with zero attached hydrogens (tertiary/aromatic N) is 4. The third-order valence-corrected chi connectivity index (χ3v) is 4.05. The highest BCUT2D eigenvalue weighted by Gasteiger charge is 2.30. The highest BCUT2D eigenvalue weighted by Crippen LogP contribution is 2.23. The fourth-order valence-electron chi connectivity index (χ4n) is 2.79. The van der Waals surface area contributed by atoms with Crippen LogP contribution in [0.2, 0.25) is 0 Å². The van der Waals surface area contributed by atoms with Crippen molar-refractivity contribution in [3.8, 4) is 0 Å². The maximum atomic E-state index is 4.10. The van der Waals surface area contributed by atoms with Crippen LogP contribution in [0.3, 0.4) is 0 Å². The van der Waals surface area contributed by atoms with Crippen LogP contribution in [-0.2, 0) is 0 Å². The Labute approximate surface area is 168 Å². The Morgan fingerprint density at radius 3 is 0.793 bits per heavy atom. The molecular formula is C21H20N8. The molecule has 144 valence electrons. The van der Waals surface area contributed by atoms with Crippen molar-refractivity contribution in [3.05, 3.63) is 98.1 Å². The number of hydrogen-bond acceptors (Lipinski definition) is 8. The third kappa shape index (κ3) is 4.95. The number of anilines is 4. The van der Waals surface area contributed by atoms with Crippen molar-refractivity contribution in [2.45, 2.75) is 5.91 Å². The largest absolute Gasteiger partial charge is 0.328 e. The molecule has 0 aliphatic carbocycles. The van der Waals surface area contributed by atoms with Crippen molar-refractivity contribution in [3.63, 3.8) is 0 Å². The van der Waals surface area contributed by atoms with Gasteiger partial charge in [0.05, 0.1) is 0 Å². The summed E-state index contributed by atoms with van der Waals surface area (Å²) in [5.74, 6) is -0.995. The van der Waals surface area contributed by atoms with Crippen molar-refractivity contribution >= 4 is 22.7 Å². The van der Waals surface area contributed by atoms with Gasteiger partial charge in [-0.15, -0.1) is 0 Å². The summed E-state index contributed by atoms with van der Waals surface area (Å²) in [4.78, 5) is 16.4. The van der Waals surface area contributed by atoms with Crippen LogP contribution in [0.15, 0.2) is 98.1 Å². The van der Waals surface area contributed by atoms with Crippen molar-refractivity contribution < 1.29 is 0 Å². The van der Waals surface area contributed by atoms with E-state index >= 15 is 0 Å². The maximum Gasteiger partial charge on any atom is 0.268 e. The predicted molar refractivity (Wildman–Crippen MR) is 114 cm³/mol. The molecule has 4 aromatic heterocycles. The lowest BCUT2D eigenvalue weighted by Crippen LogP contribution is -2.59. The van der Waals surface area contributed by atoms with E-state index in [2.05, 4.69) is 41.2 Å². The molecule has 29 heavy (non-hydrogen) atoms. The summed E-state index contributed by atoms with van der Waals surface area (Å²) in [6, 6.07) is 15.2. The molecule has 0 bridgehead atoms. The Kier molecular flexibility index (Phi) is 5.43. The Bertz CT molecular complexity index is 826. The second-order valence-corrected chi connectivity index (χ2v) is 6.19. The Hall–Kier alpha value is -4.20. The molecule has 0 atom stereocenters. The van der Waals surface area contributed by atoms with Gasteiger partial charge < -0.3 is 21.3 Å². The number of hydrogen-bond donors (Lipinski definition) is 4. The van der Waals surface area contributed by atoms with Crippen LogP contribution in [0, 0.1) is 0 Å². The molecule has 0 unspecified atom stereocenters. The number of rotatable bonds is 8. The molecule has 0 amide bonds. The van der Waals surface area contributed by atoms with Gasteiger partial charge in [0.25, 0.3) is 5.91 Å². The van der Waals surface area contributed by atoms with Gasteiger partial charge in [-0.05, 0) is 48.5 Å². The topological polar surface area (TPSA) is 99.7 Å². The van der Waals surface area contributed by atoms with E-state index in [1.807, 2.05) is 48.5 Å². The SMILES string of the molecule is c1cc(NC(Nc2ccncc2)(Nc2ccncc2)Nc2ccncc2)ccn1. The van der Waals surface area contributed by atoms with Gasteiger partial charge in [0, 0.05) is 72.3 Å². The van der Waals surface area contributed by atoms with Gasteiger partial charge in [-0.25, -0.2) is 0 Å². The van der Waals surface area contributed by atoms with E-state index in [0.717, 1.165) is 22.7 Å². The van der Waals surface area contributed by atoms with Gasteiger partial charge in [-0.2, -0.15) is 0 Å². The minimum atomic E-state index is -0.995. The molecule has 0 aliphatic heterocycles. The third-order valence-electron chi connectivity index (χ3n) is 4.05. The molecule has 0 fully saturated rings. The lowest BCUT2D eigenvalue weighted by molar-refractivity contribution is 0.688. The summed E-state index contributed by atoms with van der Waals surface area (Å²) in [6.45, 7) is 0. The number of aromatic nitrogens is 4. The first-order valence-electron chi connectivity index (χ1n) is 9.04. The molecule has 0 saturated heterocycles. The zero-order valence-electron chi connectivity index (χ0n) is 15.5. The lowest BCUT2D eigenvalue weighted by Gasteiger charge is -2.39. The summed E-state index contributed by atoms with van der Waals surface area (Å²) in [5, 5.41) is 14.0. The summed E-state index contributed by atoms with van der Waals surface area (Å²) in [5.41, 5.74) is 3.46. The van der Waals surface area contributed by atoms with E-state index in [-0.39, 0.29) is 0 Å². The molecule has 0 spiro atoms. The quantitative estimate of drug-likeness (QED) is 0.342. The van der Waals surface area contributed by atoms with E-state index in [0.29, 0.717) is 0 Å². The summed E-state index contributed by atoms with van der Waals surface area (Å²) in [6.07, 6.45) is 13.9. The zero-order chi connectivity index (χ0) is 19.8. The number of nitrogens with one attached hydrogen (secondary N) is 4. The molecule has 0 aliphatic rings. The first-order chi connectivity index (χ1) is 14.3. The molecule has 4 heterocycles. The minimum absolute atomic E-state index is 0.865. The Balaban J connectivity index is 1.75. The fraction of sp³-hybridized carbons (Fsp3) is 0.0476. The van der Waals surface area contributed by atoms with E-state index in [9.17, 15) is 0 Å². The first kappa shape index (κ1) is 18.2. The molecule has 0 aromatic carbocycles. The molecule has 0 radical (unpaired) electrons. The van der Waals surface area contributed by atoms with Crippen LogP contribution in [-0.4, -0.2) is 25.8 Å². The summed E-state index contributed by atoms with van der Waals surface area (Å²) >= 11 is 0. The Morgan fingerprint density at radius 1 is 0.379 bits per heavy atom. The van der Waals surface area contributed by atoms with Crippen LogP contribution in [0.25, 0.3) is 0 Å². The molecule has 0 saturated carbocycles. The van der Waals surface area contributed by atoms with Crippen molar-refractivity contribution in [2.24, 2.45) is 0 Å². The van der Waals surface area contributed by atoms with Crippen LogP contribution in [0.5, 0.6) is 0 Å². The average molecular weight is 384 g/mol. The van der Waals surface area contributed by atoms with Crippen LogP contribution in [0.4, 0.5) is 22.7 Å². The standard InChI is InChI=1S/C21H20N8/c1-9-22-10-2-17(1)26-21(27-18-3-11-23-12-4-18,28-19-5-13-24-14-6-19)29-20-7-15-25-16-8-20/h1-16H,(H,22,26)(H,23,27)(H,24,28)(H,25,29). The van der Waals surface area contributed by atoms with Crippen LogP contribution >= 0.6 is 0 Å².